The molecule has 10 heavy (non-hydrogen) atoms. The lowest BCUT2D eigenvalue weighted by Crippen LogP contribution is -1.68. The quantitative estimate of drug-likeness (QED) is 0.578. The van der Waals surface area contributed by atoms with Gasteiger partial charge in [0.15, 0.2) is 0 Å². The van der Waals surface area contributed by atoms with E-state index in [0.717, 1.165) is 16.9 Å². The van der Waals surface area contributed by atoms with Gasteiger partial charge in [0.2, 0.25) is 0 Å². The molecule has 49 valence electrons. The number of nitrogens with zero attached hydrogens (tertiary/aromatic N) is 1. The van der Waals surface area contributed by atoms with E-state index in [1.54, 1.807) is 0 Å². The van der Waals surface area contributed by atoms with Crippen LogP contribution >= 0.6 is 0 Å². The van der Waals surface area contributed by atoms with Crippen molar-refractivity contribution < 1.29 is 0 Å². The molecule has 1 heterocycles. The zero-order valence-electron chi connectivity index (χ0n) is 5.68. The molecule has 0 atom stereocenters. The highest BCUT2D eigenvalue weighted by molar-refractivity contribution is 5.74. The molecule has 2 nitrogen and oxygen atoms in total. The van der Waals surface area contributed by atoms with E-state index in [1.165, 1.54) is 0 Å². The molecule has 2 heteroatoms. The van der Waals surface area contributed by atoms with Crippen molar-refractivity contribution in [2.75, 3.05) is 0 Å². The van der Waals surface area contributed by atoms with E-state index in [2.05, 4.69) is 16.0 Å². The molecule has 1 aromatic heterocycles. The van der Waals surface area contributed by atoms with Gasteiger partial charge in [-0.05, 0) is 25.1 Å². The predicted octanol–water partition coefficient (Wildman–Crippen LogP) is 1.67. The first-order valence-electron chi connectivity index (χ1n) is 3.19. The second-order valence-corrected chi connectivity index (χ2v) is 2.27. The van der Waals surface area contributed by atoms with Crippen LogP contribution in [-0.2, 0) is 0 Å². The third-order valence-corrected chi connectivity index (χ3v) is 1.45. The Kier molecular flexibility index (Phi) is 1.01. The van der Waals surface area contributed by atoms with Crippen LogP contribution in [-0.4, -0.2) is 9.97 Å². The zero-order chi connectivity index (χ0) is 6.97. The van der Waals surface area contributed by atoms with Gasteiger partial charge in [0.25, 0.3) is 0 Å². The number of benzene rings is 1. The van der Waals surface area contributed by atoms with Crippen LogP contribution in [0.25, 0.3) is 11.0 Å². The van der Waals surface area contributed by atoms with E-state index in [0.29, 0.717) is 0 Å². The Balaban J connectivity index is 2.88. The molecule has 0 aliphatic carbocycles. The van der Waals surface area contributed by atoms with Gasteiger partial charge < -0.3 is 4.98 Å². The van der Waals surface area contributed by atoms with Gasteiger partial charge in [-0.15, -0.1) is 0 Å². The molecular formula is C8H7N2. The van der Waals surface area contributed by atoms with E-state index >= 15 is 0 Å². The topological polar surface area (TPSA) is 28.7 Å². The molecule has 0 fully saturated rings. The first kappa shape index (κ1) is 5.47. The summed E-state index contributed by atoms with van der Waals surface area (Å²) in [6.07, 6.45) is 0. The number of imidazole rings is 1. The van der Waals surface area contributed by atoms with Gasteiger partial charge in [-0.25, -0.2) is 4.98 Å². The fourth-order valence-electron chi connectivity index (χ4n) is 1.02. The maximum absolute atomic E-state index is 4.23. The Bertz CT molecular complexity index is 316. The Morgan fingerprint density at radius 2 is 2.50 bits per heavy atom. The number of aromatic amines is 1. The lowest BCUT2D eigenvalue weighted by molar-refractivity contribution is 1.17. The van der Waals surface area contributed by atoms with E-state index in [1.807, 2.05) is 25.1 Å². The third kappa shape index (κ3) is 0.692. The zero-order valence-corrected chi connectivity index (χ0v) is 5.68. The van der Waals surface area contributed by atoms with Gasteiger partial charge in [0.05, 0.1) is 11.0 Å². The highest BCUT2D eigenvalue weighted by Gasteiger charge is 1.94. The van der Waals surface area contributed by atoms with Crippen molar-refractivity contribution in [2.24, 2.45) is 0 Å². The minimum atomic E-state index is 0.953. The summed E-state index contributed by atoms with van der Waals surface area (Å²) in [5, 5.41) is 0. The number of nitrogens with one attached hydrogen (secondary N) is 1. The standard InChI is InChI=1S/C8H7N2/c1-6-9-7-4-2-3-5-8(7)10-6/h2,4-5H,1H3,(H,9,10). The fourth-order valence-corrected chi connectivity index (χ4v) is 1.02. The average Bonchev–Trinajstić information content (AvgIpc) is 2.27. The molecule has 0 bridgehead atoms. The number of aromatic nitrogens is 2. The van der Waals surface area contributed by atoms with Crippen LogP contribution in [0.1, 0.15) is 5.82 Å². The van der Waals surface area contributed by atoms with E-state index < -0.39 is 0 Å². The maximum Gasteiger partial charge on any atom is 0.104 e. The molecule has 0 aliphatic heterocycles. The molecule has 0 saturated carbocycles. The number of hydrogen-bond donors (Lipinski definition) is 1. The van der Waals surface area contributed by atoms with Crippen LogP contribution in [0.5, 0.6) is 0 Å². The van der Waals surface area contributed by atoms with Crippen LogP contribution in [0, 0.1) is 13.0 Å². The predicted molar refractivity (Wildman–Crippen MR) is 39.7 cm³/mol. The minimum Gasteiger partial charge on any atom is -0.342 e. The third-order valence-electron chi connectivity index (χ3n) is 1.45. The van der Waals surface area contributed by atoms with Crippen LogP contribution < -0.4 is 0 Å². The average molecular weight is 131 g/mol. The summed E-state index contributed by atoms with van der Waals surface area (Å²) in [5.41, 5.74) is 2.07. The van der Waals surface area contributed by atoms with Crippen molar-refractivity contribution in [1.29, 1.82) is 0 Å². The SMILES string of the molecule is Cc1nc2c[c]ccc2[nH]1. The summed E-state index contributed by atoms with van der Waals surface area (Å²) >= 11 is 0. The van der Waals surface area contributed by atoms with Gasteiger partial charge in [-0.2, -0.15) is 0 Å². The van der Waals surface area contributed by atoms with E-state index in [9.17, 15) is 0 Å². The summed E-state index contributed by atoms with van der Waals surface area (Å²) in [5.74, 6) is 0.953. The lowest BCUT2D eigenvalue weighted by atomic mass is 10.3. The van der Waals surface area contributed by atoms with Gasteiger partial charge >= 0.3 is 0 Å². The molecule has 0 amide bonds. The fraction of sp³-hybridized carbons (Fsp3) is 0.125. The first-order valence-corrected chi connectivity index (χ1v) is 3.19. The Morgan fingerprint density at radius 1 is 1.60 bits per heavy atom. The molecule has 1 radical (unpaired) electrons. The van der Waals surface area contributed by atoms with Gasteiger partial charge in [-0.1, -0.05) is 6.07 Å². The van der Waals surface area contributed by atoms with Crippen molar-refractivity contribution >= 4 is 11.0 Å². The molecule has 0 unspecified atom stereocenters. The van der Waals surface area contributed by atoms with Crippen LogP contribution in [0.15, 0.2) is 18.2 Å². The van der Waals surface area contributed by atoms with Crippen molar-refractivity contribution in [3.63, 3.8) is 0 Å². The molecule has 0 spiro atoms. The van der Waals surface area contributed by atoms with Crippen LogP contribution in [0.3, 0.4) is 0 Å². The summed E-state index contributed by atoms with van der Waals surface area (Å²) in [7, 11) is 0. The highest BCUT2D eigenvalue weighted by atomic mass is 14.9. The second kappa shape index (κ2) is 1.84. The smallest absolute Gasteiger partial charge is 0.104 e. The summed E-state index contributed by atoms with van der Waals surface area (Å²) < 4.78 is 0. The molecule has 1 N–H and O–H groups in total. The molecule has 2 rings (SSSR count). The normalized spacial score (nSPS) is 10.5. The van der Waals surface area contributed by atoms with Gasteiger partial charge in [0, 0.05) is 0 Å². The van der Waals surface area contributed by atoms with E-state index in [4.69, 9.17) is 0 Å². The first-order chi connectivity index (χ1) is 4.86. The highest BCUT2D eigenvalue weighted by Crippen LogP contribution is 2.08. The van der Waals surface area contributed by atoms with Crippen LogP contribution in [0.2, 0.25) is 0 Å². The van der Waals surface area contributed by atoms with Crippen molar-refractivity contribution in [1.82, 2.24) is 9.97 Å². The summed E-state index contributed by atoms with van der Waals surface area (Å²) in [6.45, 7) is 1.94. The molecule has 2 aromatic rings. The van der Waals surface area contributed by atoms with Gasteiger partial charge in [-0.3, -0.25) is 0 Å². The lowest BCUT2D eigenvalue weighted by Gasteiger charge is -1.80. The largest absolute Gasteiger partial charge is 0.342 e. The van der Waals surface area contributed by atoms with Gasteiger partial charge in [0.1, 0.15) is 5.82 Å². The summed E-state index contributed by atoms with van der Waals surface area (Å²) in [6, 6.07) is 8.68. The molecule has 0 aliphatic rings. The molecule has 1 aromatic carbocycles. The number of hydrogen-bond acceptors (Lipinski definition) is 1. The second-order valence-electron chi connectivity index (χ2n) is 2.27. The Labute approximate surface area is 58.9 Å². The number of aryl methyl sites for hydroxylation is 1. The number of rotatable bonds is 0. The van der Waals surface area contributed by atoms with Crippen molar-refractivity contribution in [3.05, 3.63) is 30.1 Å². The minimum absolute atomic E-state index is 0.953. The van der Waals surface area contributed by atoms with E-state index in [-0.39, 0.29) is 0 Å². The monoisotopic (exact) mass is 131 g/mol. The number of fused-ring (bicyclic) bond motifs is 1. The molecular weight excluding hydrogens is 124 g/mol. The molecule has 0 saturated heterocycles. The van der Waals surface area contributed by atoms with Crippen LogP contribution in [0.4, 0.5) is 0 Å². The maximum atomic E-state index is 4.23. The Hall–Kier alpha value is -1.31. The number of H-pyrrole nitrogens is 1. The Morgan fingerprint density at radius 3 is 3.30 bits per heavy atom. The van der Waals surface area contributed by atoms with Crippen molar-refractivity contribution in [3.8, 4) is 0 Å². The van der Waals surface area contributed by atoms with Crippen molar-refractivity contribution in [2.45, 2.75) is 6.92 Å². The summed E-state index contributed by atoms with van der Waals surface area (Å²) in [4.78, 5) is 7.35.